The third kappa shape index (κ3) is 6.04. The Balaban J connectivity index is 1.74. The van der Waals surface area contributed by atoms with E-state index in [1.165, 1.54) is 35.6 Å². The molecular formula is C16H14F3NO3S. The van der Waals surface area contributed by atoms with E-state index < -0.39 is 6.36 Å². The van der Waals surface area contributed by atoms with Crippen LogP contribution in [0, 0.1) is 0 Å². The molecule has 0 aliphatic heterocycles. The molecule has 128 valence electrons. The van der Waals surface area contributed by atoms with Gasteiger partial charge in [-0.2, -0.15) is 0 Å². The minimum atomic E-state index is -4.73. The summed E-state index contributed by atoms with van der Waals surface area (Å²) in [7, 11) is 0. The molecule has 1 heterocycles. The van der Waals surface area contributed by atoms with Crippen LogP contribution in [0.25, 0.3) is 0 Å². The molecule has 0 saturated carbocycles. The molecule has 4 nitrogen and oxygen atoms in total. The van der Waals surface area contributed by atoms with E-state index in [4.69, 9.17) is 0 Å². The van der Waals surface area contributed by atoms with Crippen LogP contribution >= 0.6 is 11.3 Å². The molecular weight excluding hydrogens is 343 g/mol. The lowest BCUT2D eigenvalue weighted by Gasteiger charge is -2.09. The molecule has 8 heteroatoms. The molecule has 0 saturated heterocycles. The summed E-state index contributed by atoms with van der Waals surface area (Å²) in [5.74, 6) is -0.705. The monoisotopic (exact) mass is 357 g/mol. The second kappa shape index (κ2) is 7.96. The number of hydrogen-bond acceptors (Lipinski definition) is 4. The van der Waals surface area contributed by atoms with Crippen molar-refractivity contribution in [1.82, 2.24) is 5.32 Å². The number of rotatable bonds is 7. The zero-order valence-electron chi connectivity index (χ0n) is 12.4. The fourth-order valence-corrected chi connectivity index (χ4v) is 2.58. The van der Waals surface area contributed by atoms with E-state index in [1.807, 2.05) is 0 Å². The van der Waals surface area contributed by atoms with Crippen molar-refractivity contribution in [2.75, 3.05) is 0 Å². The lowest BCUT2D eigenvalue weighted by atomic mass is 10.1. The molecule has 0 fully saturated rings. The number of ether oxygens (including phenoxy) is 1. The molecule has 0 bridgehead atoms. The topological polar surface area (TPSA) is 55.4 Å². The summed E-state index contributed by atoms with van der Waals surface area (Å²) >= 11 is 1.32. The highest BCUT2D eigenvalue weighted by atomic mass is 32.1. The third-order valence-corrected chi connectivity index (χ3v) is 3.93. The van der Waals surface area contributed by atoms with Gasteiger partial charge in [0, 0.05) is 19.4 Å². The SMILES string of the molecule is O=C(CCC(=O)c1cccs1)NCc1ccc(OC(F)(F)F)cc1. The minimum absolute atomic E-state index is 0.0615. The van der Waals surface area contributed by atoms with Crippen molar-refractivity contribution < 1.29 is 27.5 Å². The highest BCUT2D eigenvalue weighted by Gasteiger charge is 2.30. The summed E-state index contributed by atoms with van der Waals surface area (Å²) in [5, 5.41) is 4.41. The van der Waals surface area contributed by atoms with Crippen molar-refractivity contribution in [3.63, 3.8) is 0 Å². The Morgan fingerprint density at radius 3 is 2.38 bits per heavy atom. The normalized spacial score (nSPS) is 11.1. The molecule has 1 amide bonds. The van der Waals surface area contributed by atoms with Crippen LogP contribution in [0.2, 0.25) is 0 Å². The first-order valence-electron chi connectivity index (χ1n) is 7.01. The fraction of sp³-hybridized carbons (Fsp3) is 0.250. The van der Waals surface area contributed by atoms with Crippen molar-refractivity contribution >= 4 is 23.0 Å². The van der Waals surface area contributed by atoms with Gasteiger partial charge in [0.2, 0.25) is 5.91 Å². The predicted molar refractivity (Wildman–Crippen MR) is 82.9 cm³/mol. The molecule has 0 spiro atoms. The molecule has 24 heavy (non-hydrogen) atoms. The van der Waals surface area contributed by atoms with E-state index in [1.54, 1.807) is 17.5 Å². The van der Waals surface area contributed by atoms with Crippen LogP contribution in [0.4, 0.5) is 13.2 Å². The zero-order chi connectivity index (χ0) is 17.6. The number of amides is 1. The number of hydrogen-bond donors (Lipinski definition) is 1. The smallest absolute Gasteiger partial charge is 0.406 e. The van der Waals surface area contributed by atoms with Crippen molar-refractivity contribution in [3.05, 3.63) is 52.2 Å². The third-order valence-electron chi connectivity index (χ3n) is 3.02. The number of nitrogens with one attached hydrogen (secondary N) is 1. The molecule has 0 radical (unpaired) electrons. The van der Waals surface area contributed by atoms with E-state index >= 15 is 0 Å². The van der Waals surface area contributed by atoms with Gasteiger partial charge in [-0.15, -0.1) is 24.5 Å². The maximum atomic E-state index is 12.0. The number of alkyl halides is 3. The van der Waals surface area contributed by atoms with Gasteiger partial charge in [0.25, 0.3) is 0 Å². The Hall–Kier alpha value is -2.35. The quantitative estimate of drug-likeness (QED) is 0.764. The molecule has 0 unspecified atom stereocenters. The summed E-state index contributed by atoms with van der Waals surface area (Å²) < 4.78 is 39.9. The maximum absolute atomic E-state index is 12.0. The van der Waals surface area contributed by atoms with Crippen LogP contribution < -0.4 is 10.1 Å². The molecule has 0 aliphatic rings. The highest BCUT2D eigenvalue weighted by molar-refractivity contribution is 7.12. The molecule has 0 aliphatic carbocycles. The Labute approximate surface area is 140 Å². The van der Waals surface area contributed by atoms with E-state index in [-0.39, 0.29) is 36.8 Å². The van der Waals surface area contributed by atoms with Gasteiger partial charge in [0.1, 0.15) is 5.75 Å². The standard InChI is InChI=1S/C16H14F3NO3S/c17-16(18,19)23-12-5-3-11(4-6-12)10-20-15(22)8-7-13(21)14-2-1-9-24-14/h1-6,9H,7-8,10H2,(H,20,22). The second-order valence-electron chi connectivity index (χ2n) is 4.87. The fourth-order valence-electron chi connectivity index (χ4n) is 1.89. The van der Waals surface area contributed by atoms with Gasteiger partial charge in [0.15, 0.2) is 5.78 Å². The van der Waals surface area contributed by atoms with E-state index in [0.717, 1.165) is 0 Å². The van der Waals surface area contributed by atoms with Crippen molar-refractivity contribution in [3.8, 4) is 5.75 Å². The van der Waals surface area contributed by atoms with Gasteiger partial charge in [-0.1, -0.05) is 18.2 Å². The van der Waals surface area contributed by atoms with Gasteiger partial charge in [-0.05, 0) is 29.1 Å². The van der Waals surface area contributed by atoms with Crippen LogP contribution in [0.1, 0.15) is 28.1 Å². The van der Waals surface area contributed by atoms with Crippen molar-refractivity contribution in [2.45, 2.75) is 25.7 Å². The van der Waals surface area contributed by atoms with Gasteiger partial charge >= 0.3 is 6.36 Å². The highest BCUT2D eigenvalue weighted by Crippen LogP contribution is 2.22. The lowest BCUT2D eigenvalue weighted by Crippen LogP contribution is -2.23. The van der Waals surface area contributed by atoms with Gasteiger partial charge < -0.3 is 10.1 Å². The summed E-state index contributed by atoms with van der Waals surface area (Å²) in [6.45, 7) is 0.165. The lowest BCUT2D eigenvalue weighted by molar-refractivity contribution is -0.274. The number of carbonyl (C=O) groups is 2. The summed E-state index contributed by atoms with van der Waals surface area (Å²) in [5.41, 5.74) is 0.627. The molecule has 1 aromatic carbocycles. The van der Waals surface area contributed by atoms with Gasteiger partial charge in [-0.3, -0.25) is 9.59 Å². The molecule has 0 atom stereocenters. The second-order valence-corrected chi connectivity index (χ2v) is 5.82. The Bertz CT molecular complexity index is 682. The Kier molecular flexibility index (Phi) is 5.97. The maximum Gasteiger partial charge on any atom is 0.573 e. The number of ketones is 1. The Morgan fingerprint density at radius 1 is 1.08 bits per heavy atom. The largest absolute Gasteiger partial charge is 0.573 e. The van der Waals surface area contributed by atoms with E-state index in [2.05, 4.69) is 10.1 Å². The van der Waals surface area contributed by atoms with Crippen LogP contribution in [-0.4, -0.2) is 18.1 Å². The number of Topliss-reactive ketones (excluding diaryl/α,β-unsaturated/α-hetero) is 1. The van der Waals surface area contributed by atoms with Crippen LogP contribution in [0.5, 0.6) is 5.75 Å². The van der Waals surface area contributed by atoms with Crippen molar-refractivity contribution in [2.24, 2.45) is 0 Å². The van der Waals surface area contributed by atoms with E-state index in [0.29, 0.717) is 10.4 Å². The van der Waals surface area contributed by atoms with Crippen molar-refractivity contribution in [1.29, 1.82) is 0 Å². The number of halogens is 3. The van der Waals surface area contributed by atoms with E-state index in [9.17, 15) is 22.8 Å². The van der Waals surface area contributed by atoms with Crippen LogP contribution in [0.15, 0.2) is 41.8 Å². The first-order valence-corrected chi connectivity index (χ1v) is 7.89. The first-order chi connectivity index (χ1) is 11.3. The average Bonchev–Trinajstić information content (AvgIpc) is 3.05. The summed E-state index contributed by atoms with van der Waals surface area (Å²) in [4.78, 5) is 24.1. The minimum Gasteiger partial charge on any atom is -0.406 e. The molecule has 2 rings (SSSR count). The number of benzene rings is 1. The number of carbonyl (C=O) groups excluding carboxylic acids is 2. The summed E-state index contributed by atoms with van der Waals surface area (Å²) in [6, 6.07) is 8.68. The Morgan fingerprint density at radius 2 is 1.79 bits per heavy atom. The average molecular weight is 357 g/mol. The number of thiophene rings is 1. The predicted octanol–water partition coefficient (Wildman–Crippen LogP) is 3.93. The molecule has 2 aromatic rings. The van der Waals surface area contributed by atoms with Gasteiger partial charge in [0.05, 0.1) is 4.88 Å². The molecule has 1 N–H and O–H groups in total. The zero-order valence-corrected chi connectivity index (χ0v) is 13.2. The van der Waals surface area contributed by atoms with Crippen LogP contribution in [0.3, 0.4) is 0 Å². The first kappa shape index (κ1) is 18.0. The molecule has 1 aromatic heterocycles. The summed E-state index contributed by atoms with van der Waals surface area (Å²) in [6.07, 6.45) is -4.55. The van der Waals surface area contributed by atoms with Gasteiger partial charge in [-0.25, -0.2) is 0 Å². The van der Waals surface area contributed by atoms with Crippen LogP contribution in [-0.2, 0) is 11.3 Å².